The summed E-state index contributed by atoms with van der Waals surface area (Å²) in [4.78, 5) is 21.2. The van der Waals surface area contributed by atoms with Crippen LogP contribution in [0.5, 0.6) is 0 Å². The molecular weight excluding hydrogens is 445 g/mol. The smallest absolute Gasteiger partial charge is 0.290 e. The molecule has 154 valence electrons. The van der Waals surface area contributed by atoms with Crippen molar-refractivity contribution in [3.05, 3.63) is 50.9 Å². The number of benzene rings is 1. The van der Waals surface area contributed by atoms with Crippen LogP contribution in [0.3, 0.4) is 0 Å². The van der Waals surface area contributed by atoms with Gasteiger partial charge in [-0.25, -0.2) is 20.2 Å². The molecule has 11 heteroatoms. The normalized spacial score (nSPS) is 11.0. The number of hydrogen-bond acceptors (Lipinski definition) is 6. The van der Waals surface area contributed by atoms with Crippen LogP contribution in [-0.2, 0) is 7.05 Å². The summed E-state index contributed by atoms with van der Waals surface area (Å²) in [6.45, 7) is 3.91. The number of carbonyl (C=O) groups is 1. The van der Waals surface area contributed by atoms with Crippen LogP contribution in [0.4, 0.5) is 16.4 Å². The van der Waals surface area contributed by atoms with E-state index in [0.717, 1.165) is 27.9 Å². The van der Waals surface area contributed by atoms with E-state index in [1.165, 1.54) is 11.3 Å². The Balaban J connectivity index is 1.43. The molecule has 0 spiro atoms. The van der Waals surface area contributed by atoms with Gasteiger partial charge in [-0.3, -0.25) is 15.4 Å². The number of anilines is 2. The molecule has 0 radical (unpaired) electrons. The summed E-state index contributed by atoms with van der Waals surface area (Å²) >= 11 is 13.5. The summed E-state index contributed by atoms with van der Waals surface area (Å²) in [7, 11) is 1.83. The first-order valence-corrected chi connectivity index (χ1v) is 10.5. The molecule has 0 bridgehead atoms. The molecule has 1 aromatic carbocycles. The first-order chi connectivity index (χ1) is 14.3. The van der Waals surface area contributed by atoms with Gasteiger partial charge in [-0.1, -0.05) is 23.2 Å². The Morgan fingerprint density at radius 3 is 2.53 bits per heavy atom. The van der Waals surface area contributed by atoms with Gasteiger partial charge < -0.3 is 0 Å². The van der Waals surface area contributed by atoms with E-state index in [2.05, 4.69) is 31.2 Å². The third-order valence-electron chi connectivity index (χ3n) is 4.33. The molecule has 4 aromatic rings. The fraction of sp³-hybridized carbons (Fsp3) is 0.158. The van der Waals surface area contributed by atoms with Crippen LogP contribution >= 0.6 is 34.5 Å². The van der Waals surface area contributed by atoms with E-state index >= 15 is 0 Å². The van der Waals surface area contributed by atoms with Gasteiger partial charge in [0.2, 0.25) is 0 Å². The summed E-state index contributed by atoms with van der Waals surface area (Å²) in [6, 6.07) is 6.56. The van der Waals surface area contributed by atoms with Gasteiger partial charge in [-0.05, 0) is 43.7 Å². The van der Waals surface area contributed by atoms with Gasteiger partial charge in [0.05, 0.1) is 5.69 Å². The summed E-state index contributed by atoms with van der Waals surface area (Å²) in [5, 5.41) is 11.5. The van der Waals surface area contributed by atoms with Gasteiger partial charge in [-0.2, -0.15) is 5.10 Å². The standard InChI is InChI=1S/C19H17Cl2N7OS/c1-9-4-14(22-17-16(9)10(2)27-28(17)3)25-26-19(29)24-15-8-30-18(23-15)11-5-12(20)7-13(21)6-11/h4-8H,1-3H3,(H,22,25)(H2,24,26,29). The predicted octanol–water partition coefficient (Wildman–Crippen LogP) is 5.16. The second-order valence-electron chi connectivity index (χ2n) is 6.63. The van der Waals surface area contributed by atoms with Gasteiger partial charge in [0.25, 0.3) is 0 Å². The van der Waals surface area contributed by atoms with E-state index in [9.17, 15) is 4.79 Å². The molecule has 0 aliphatic rings. The fourth-order valence-electron chi connectivity index (χ4n) is 3.13. The second-order valence-corrected chi connectivity index (χ2v) is 8.36. The van der Waals surface area contributed by atoms with Crippen molar-refractivity contribution in [2.75, 3.05) is 10.7 Å². The number of pyridine rings is 1. The number of amides is 2. The lowest BCUT2D eigenvalue weighted by molar-refractivity contribution is 0.253. The molecule has 4 rings (SSSR count). The number of rotatable bonds is 4. The van der Waals surface area contributed by atoms with E-state index in [0.29, 0.717) is 26.7 Å². The number of fused-ring (bicyclic) bond motifs is 1. The van der Waals surface area contributed by atoms with Crippen LogP contribution in [0.2, 0.25) is 10.0 Å². The van der Waals surface area contributed by atoms with Crippen LogP contribution < -0.4 is 16.2 Å². The maximum absolute atomic E-state index is 12.3. The molecule has 3 heterocycles. The van der Waals surface area contributed by atoms with Gasteiger partial charge in [0.15, 0.2) is 5.65 Å². The minimum absolute atomic E-state index is 0.409. The van der Waals surface area contributed by atoms with Crippen LogP contribution in [0.1, 0.15) is 11.3 Å². The number of carbonyl (C=O) groups excluding carboxylic acids is 1. The highest BCUT2D eigenvalue weighted by Gasteiger charge is 2.12. The van der Waals surface area contributed by atoms with Crippen molar-refractivity contribution in [2.45, 2.75) is 13.8 Å². The first-order valence-electron chi connectivity index (χ1n) is 8.86. The fourth-order valence-corrected chi connectivity index (χ4v) is 4.40. The molecule has 30 heavy (non-hydrogen) atoms. The summed E-state index contributed by atoms with van der Waals surface area (Å²) in [5.74, 6) is 0.915. The Morgan fingerprint density at radius 1 is 1.07 bits per heavy atom. The zero-order chi connectivity index (χ0) is 21.4. The molecular formula is C19H17Cl2N7OS. The number of thiazole rings is 1. The van der Waals surface area contributed by atoms with E-state index < -0.39 is 6.03 Å². The van der Waals surface area contributed by atoms with Crippen molar-refractivity contribution >= 4 is 63.2 Å². The number of aromatic nitrogens is 4. The van der Waals surface area contributed by atoms with Crippen LogP contribution in [-0.4, -0.2) is 25.8 Å². The quantitative estimate of drug-likeness (QED) is 0.364. The van der Waals surface area contributed by atoms with Crippen LogP contribution in [0.25, 0.3) is 21.6 Å². The Morgan fingerprint density at radius 2 is 1.80 bits per heavy atom. The van der Waals surface area contributed by atoms with Crippen LogP contribution in [0, 0.1) is 13.8 Å². The average Bonchev–Trinajstić information content (AvgIpc) is 3.24. The third-order valence-corrected chi connectivity index (χ3v) is 5.65. The van der Waals surface area contributed by atoms with Gasteiger partial charge in [0, 0.05) is 33.4 Å². The lowest BCUT2D eigenvalue weighted by Gasteiger charge is -2.09. The molecule has 0 saturated heterocycles. The van der Waals surface area contributed by atoms with Gasteiger partial charge in [-0.15, -0.1) is 11.3 Å². The molecule has 0 fully saturated rings. The number of nitrogens with zero attached hydrogens (tertiary/aromatic N) is 4. The third kappa shape index (κ3) is 4.18. The highest BCUT2D eigenvalue weighted by Crippen LogP contribution is 2.30. The monoisotopic (exact) mass is 461 g/mol. The highest BCUT2D eigenvalue weighted by molar-refractivity contribution is 7.13. The molecule has 0 aliphatic carbocycles. The zero-order valence-corrected chi connectivity index (χ0v) is 18.6. The molecule has 8 nitrogen and oxygen atoms in total. The number of hydrogen-bond donors (Lipinski definition) is 3. The van der Waals surface area contributed by atoms with E-state index in [1.54, 1.807) is 28.3 Å². The first kappa shape index (κ1) is 20.4. The van der Waals surface area contributed by atoms with Crippen molar-refractivity contribution in [1.82, 2.24) is 25.2 Å². The minimum Gasteiger partial charge on any atom is -0.290 e. The van der Waals surface area contributed by atoms with Crippen molar-refractivity contribution in [2.24, 2.45) is 7.05 Å². The molecule has 2 amide bonds. The summed E-state index contributed by atoms with van der Waals surface area (Å²) in [6.07, 6.45) is 0. The lowest BCUT2D eigenvalue weighted by atomic mass is 10.1. The maximum atomic E-state index is 12.3. The maximum Gasteiger partial charge on any atom is 0.339 e. The topological polar surface area (TPSA) is 96.8 Å². The zero-order valence-electron chi connectivity index (χ0n) is 16.2. The highest BCUT2D eigenvalue weighted by atomic mass is 35.5. The number of hydrazine groups is 1. The molecule has 0 atom stereocenters. The van der Waals surface area contributed by atoms with E-state index in [4.69, 9.17) is 23.2 Å². The molecule has 0 aliphatic heterocycles. The SMILES string of the molecule is Cc1cc(NNC(=O)Nc2csc(-c3cc(Cl)cc(Cl)c3)n2)nc2c1c(C)nn2C. The van der Waals surface area contributed by atoms with Crippen molar-refractivity contribution in [3.8, 4) is 10.6 Å². The average molecular weight is 462 g/mol. The Labute approximate surface area is 186 Å². The number of urea groups is 1. The number of halogens is 2. The summed E-state index contributed by atoms with van der Waals surface area (Å²) in [5.41, 5.74) is 8.82. The predicted molar refractivity (Wildman–Crippen MR) is 121 cm³/mol. The van der Waals surface area contributed by atoms with E-state index in [-0.39, 0.29) is 0 Å². The lowest BCUT2D eigenvalue weighted by Crippen LogP contribution is -2.34. The summed E-state index contributed by atoms with van der Waals surface area (Å²) < 4.78 is 1.71. The Bertz CT molecular complexity index is 1250. The number of nitrogens with one attached hydrogen (secondary N) is 3. The molecule has 0 saturated carbocycles. The van der Waals surface area contributed by atoms with Crippen molar-refractivity contribution in [3.63, 3.8) is 0 Å². The molecule has 3 N–H and O–H groups in total. The largest absolute Gasteiger partial charge is 0.339 e. The van der Waals surface area contributed by atoms with Crippen molar-refractivity contribution < 1.29 is 4.79 Å². The van der Waals surface area contributed by atoms with Crippen LogP contribution in [0.15, 0.2) is 29.6 Å². The van der Waals surface area contributed by atoms with Gasteiger partial charge >= 0.3 is 6.03 Å². The second kappa shape index (κ2) is 8.10. The van der Waals surface area contributed by atoms with Crippen molar-refractivity contribution in [1.29, 1.82) is 0 Å². The van der Waals surface area contributed by atoms with E-state index in [1.807, 2.05) is 27.0 Å². The Kier molecular flexibility index (Phi) is 5.50. The molecule has 3 aromatic heterocycles. The number of aryl methyl sites for hydroxylation is 3. The minimum atomic E-state index is -0.475. The molecule has 0 unspecified atom stereocenters. The van der Waals surface area contributed by atoms with Gasteiger partial charge in [0.1, 0.15) is 16.6 Å². The Hall–Kier alpha value is -2.88.